The Morgan fingerprint density at radius 2 is 2.17 bits per heavy atom. The van der Waals surface area contributed by atoms with Gasteiger partial charge < -0.3 is 16.0 Å². The lowest BCUT2D eigenvalue weighted by Crippen LogP contribution is -2.47. The first-order valence-corrected chi connectivity index (χ1v) is 6.74. The number of nitrogens with two attached hydrogens (primary N) is 1. The van der Waals surface area contributed by atoms with Crippen molar-refractivity contribution in [1.29, 1.82) is 0 Å². The van der Waals surface area contributed by atoms with Gasteiger partial charge in [-0.25, -0.2) is 0 Å². The van der Waals surface area contributed by atoms with Crippen molar-refractivity contribution in [1.82, 2.24) is 10.3 Å². The van der Waals surface area contributed by atoms with Crippen LogP contribution in [0.3, 0.4) is 0 Å². The van der Waals surface area contributed by atoms with Gasteiger partial charge in [0.05, 0.1) is 0 Å². The second kappa shape index (κ2) is 4.41. The number of hydrogen-bond acceptors (Lipinski definition) is 2. The molecule has 1 fully saturated rings. The molecule has 1 atom stereocenters. The molecule has 0 saturated heterocycles. The smallest absolute Gasteiger partial charge is 0.0457 e. The quantitative estimate of drug-likeness (QED) is 0.773. The van der Waals surface area contributed by atoms with E-state index in [0.717, 1.165) is 6.54 Å². The van der Waals surface area contributed by atoms with Crippen LogP contribution in [0.25, 0.3) is 10.9 Å². The van der Waals surface area contributed by atoms with Crippen LogP contribution >= 0.6 is 0 Å². The van der Waals surface area contributed by atoms with Crippen LogP contribution in [0.15, 0.2) is 30.5 Å². The zero-order valence-electron chi connectivity index (χ0n) is 10.9. The third-order valence-electron chi connectivity index (χ3n) is 4.59. The summed E-state index contributed by atoms with van der Waals surface area (Å²) in [7, 11) is 2.04. The third-order valence-corrected chi connectivity index (χ3v) is 4.59. The number of para-hydroxylation sites is 1. The number of nitrogens with one attached hydrogen (secondary N) is 2. The van der Waals surface area contributed by atoms with E-state index in [9.17, 15) is 0 Å². The van der Waals surface area contributed by atoms with E-state index >= 15 is 0 Å². The monoisotopic (exact) mass is 243 g/mol. The van der Waals surface area contributed by atoms with E-state index in [0.29, 0.717) is 6.04 Å². The molecule has 3 rings (SSSR count). The average molecular weight is 243 g/mol. The van der Waals surface area contributed by atoms with Gasteiger partial charge in [-0.05, 0) is 38.1 Å². The number of benzene rings is 1. The van der Waals surface area contributed by atoms with Crippen LogP contribution in [0.5, 0.6) is 0 Å². The third kappa shape index (κ3) is 1.58. The maximum absolute atomic E-state index is 6.05. The highest BCUT2D eigenvalue weighted by Gasteiger charge is 2.43. The molecule has 0 radical (unpaired) electrons. The lowest BCUT2D eigenvalue weighted by molar-refractivity contribution is 0.0887. The van der Waals surface area contributed by atoms with Gasteiger partial charge in [0.25, 0.3) is 0 Å². The van der Waals surface area contributed by atoms with E-state index in [-0.39, 0.29) is 5.41 Å². The molecule has 0 spiro atoms. The molecule has 3 nitrogen and oxygen atoms in total. The van der Waals surface area contributed by atoms with E-state index in [1.807, 2.05) is 7.05 Å². The molecule has 0 amide bonds. The minimum Gasteiger partial charge on any atom is -0.361 e. The van der Waals surface area contributed by atoms with Crippen LogP contribution < -0.4 is 11.1 Å². The van der Waals surface area contributed by atoms with Crippen LogP contribution in [-0.2, 0) is 0 Å². The molecule has 4 N–H and O–H groups in total. The van der Waals surface area contributed by atoms with Crippen LogP contribution in [0.1, 0.15) is 30.9 Å². The molecule has 1 saturated carbocycles. The zero-order chi connectivity index (χ0) is 12.6. The first kappa shape index (κ1) is 11.8. The highest BCUT2D eigenvalue weighted by molar-refractivity contribution is 5.83. The van der Waals surface area contributed by atoms with Crippen LogP contribution in [0.4, 0.5) is 0 Å². The van der Waals surface area contributed by atoms with Gasteiger partial charge in [-0.15, -0.1) is 0 Å². The minimum atomic E-state index is 0.250. The largest absolute Gasteiger partial charge is 0.361 e. The number of aromatic nitrogens is 1. The summed E-state index contributed by atoms with van der Waals surface area (Å²) in [6.07, 6.45) is 5.91. The predicted molar refractivity (Wildman–Crippen MR) is 75.4 cm³/mol. The van der Waals surface area contributed by atoms with Gasteiger partial charge in [-0.1, -0.05) is 24.6 Å². The molecule has 2 aromatic rings. The lowest BCUT2D eigenvalue weighted by atomic mass is 9.62. The molecule has 1 aromatic heterocycles. The fourth-order valence-electron chi connectivity index (χ4n) is 3.37. The summed E-state index contributed by atoms with van der Waals surface area (Å²) in [6, 6.07) is 8.84. The highest BCUT2D eigenvalue weighted by Crippen LogP contribution is 2.50. The predicted octanol–water partition coefficient (Wildman–Crippen LogP) is 2.56. The molecule has 3 heteroatoms. The summed E-state index contributed by atoms with van der Waals surface area (Å²) in [5.74, 6) is 0. The molecule has 1 unspecified atom stereocenters. The van der Waals surface area contributed by atoms with Gasteiger partial charge in [0.2, 0.25) is 0 Å². The molecule has 1 aliphatic rings. The summed E-state index contributed by atoms with van der Waals surface area (Å²) >= 11 is 0. The van der Waals surface area contributed by atoms with E-state index in [1.54, 1.807) is 0 Å². The molecule has 1 heterocycles. The number of H-pyrrole nitrogens is 1. The Balaban J connectivity index is 2.06. The Morgan fingerprint density at radius 1 is 1.39 bits per heavy atom. The van der Waals surface area contributed by atoms with Crippen molar-refractivity contribution in [2.24, 2.45) is 11.1 Å². The molecule has 1 aromatic carbocycles. The molecule has 18 heavy (non-hydrogen) atoms. The lowest BCUT2D eigenvalue weighted by Gasteiger charge is -2.47. The van der Waals surface area contributed by atoms with Crippen molar-refractivity contribution >= 4 is 10.9 Å². The van der Waals surface area contributed by atoms with Crippen molar-refractivity contribution in [3.8, 4) is 0 Å². The summed E-state index contributed by atoms with van der Waals surface area (Å²) in [4.78, 5) is 3.37. The highest BCUT2D eigenvalue weighted by atomic mass is 14.9. The Bertz CT molecular complexity index is 534. The van der Waals surface area contributed by atoms with Gasteiger partial charge in [0.15, 0.2) is 0 Å². The van der Waals surface area contributed by atoms with Gasteiger partial charge in [0, 0.05) is 28.6 Å². The zero-order valence-corrected chi connectivity index (χ0v) is 10.9. The number of hydrogen-bond donors (Lipinski definition) is 3. The normalized spacial score (nSPS) is 19.7. The second-order valence-electron chi connectivity index (χ2n) is 5.43. The first-order chi connectivity index (χ1) is 8.80. The van der Waals surface area contributed by atoms with Crippen LogP contribution in [0, 0.1) is 5.41 Å². The van der Waals surface area contributed by atoms with Crippen LogP contribution in [-0.4, -0.2) is 18.6 Å². The van der Waals surface area contributed by atoms with Crippen molar-refractivity contribution in [2.75, 3.05) is 13.6 Å². The van der Waals surface area contributed by atoms with Crippen molar-refractivity contribution in [3.63, 3.8) is 0 Å². The molecule has 0 aliphatic heterocycles. The van der Waals surface area contributed by atoms with E-state index in [2.05, 4.69) is 40.8 Å². The van der Waals surface area contributed by atoms with E-state index < -0.39 is 0 Å². The van der Waals surface area contributed by atoms with Gasteiger partial charge in [0.1, 0.15) is 0 Å². The van der Waals surface area contributed by atoms with Crippen LogP contribution in [0.2, 0.25) is 0 Å². The summed E-state index contributed by atoms with van der Waals surface area (Å²) in [5.41, 5.74) is 8.86. The first-order valence-electron chi connectivity index (χ1n) is 6.74. The Labute approximate surface area is 108 Å². The molecule has 96 valence electrons. The number of aromatic amines is 1. The summed E-state index contributed by atoms with van der Waals surface area (Å²) in [5, 5.41) is 4.81. The van der Waals surface area contributed by atoms with Crippen molar-refractivity contribution in [2.45, 2.75) is 25.3 Å². The molecule has 0 bridgehead atoms. The maximum atomic E-state index is 6.05. The maximum Gasteiger partial charge on any atom is 0.0457 e. The van der Waals surface area contributed by atoms with Gasteiger partial charge >= 0.3 is 0 Å². The summed E-state index contributed by atoms with van der Waals surface area (Å²) < 4.78 is 0. The minimum absolute atomic E-state index is 0.250. The SMILES string of the molecule is CNC(c1c[nH]c2ccccc12)C1(CN)CCC1. The van der Waals surface area contributed by atoms with Crippen molar-refractivity contribution in [3.05, 3.63) is 36.0 Å². The topological polar surface area (TPSA) is 53.8 Å². The molecule has 1 aliphatic carbocycles. The fraction of sp³-hybridized carbons (Fsp3) is 0.467. The second-order valence-corrected chi connectivity index (χ2v) is 5.43. The van der Waals surface area contributed by atoms with Crippen molar-refractivity contribution < 1.29 is 0 Å². The standard InChI is InChI=1S/C15H21N3/c1-17-14(15(10-16)7-4-8-15)12-9-18-13-6-3-2-5-11(12)13/h2-3,5-6,9,14,17-18H,4,7-8,10,16H2,1H3. The Hall–Kier alpha value is -1.32. The van der Waals surface area contributed by atoms with Gasteiger partial charge in [-0.2, -0.15) is 0 Å². The van der Waals surface area contributed by atoms with Gasteiger partial charge in [-0.3, -0.25) is 0 Å². The number of fused-ring (bicyclic) bond motifs is 1. The number of rotatable bonds is 4. The van der Waals surface area contributed by atoms with E-state index in [1.165, 1.54) is 35.7 Å². The average Bonchev–Trinajstić information content (AvgIpc) is 2.77. The molecular formula is C15H21N3. The Morgan fingerprint density at radius 3 is 2.78 bits per heavy atom. The van der Waals surface area contributed by atoms with E-state index in [4.69, 9.17) is 5.73 Å². The molecular weight excluding hydrogens is 222 g/mol. The fourth-order valence-corrected chi connectivity index (χ4v) is 3.37. The Kier molecular flexibility index (Phi) is 2.88. The summed E-state index contributed by atoms with van der Waals surface area (Å²) in [6.45, 7) is 0.762.